The highest BCUT2D eigenvalue weighted by atomic mass is 19.4. The van der Waals surface area contributed by atoms with Crippen molar-refractivity contribution in [2.75, 3.05) is 19.6 Å². The summed E-state index contributed by atoms with van der Waals surface area (Å²) in [5, 5.41) is 0. The molecular formula is C15H19F3N2O. The number of primary amides is 1. The smallest absolute Gasteiger partial charge is 0.366 e. The van der Waals surface area contributed by atoms with E-state index in [1.165, 1.54) is 6.07 Å². The Labute approximate surface area is 121 Å². The number of rotatable bonds is 3. The number of nitrogens with two attached hydrogens (primary N) is 1. The Balaban J connectivity index is 2.35. The van der Waals surface area contributed by atoms with Gasteiger partial charge in [-0.15, -0.1) is 0 Å². The number of alkyl halides is 3. The van der Waals surface area contributed by atoms with Crippen LogP contribution in [0.1, 0.15) is 47.2 Å². The number of benzene rings is 1. The van der Waals surface area contributed by atoms with Gasteiger partial charge in [0.1, 0.15) is 0 Å². The van der Waals surface area contributed by atoms with Crippen molar-refractivity contribution in [3.8, 4) is 0 Å². The van der Waals surface area contributed by atoms with E-state index in [9.17, 15) is 18.0 Å². The third-order valence-electron chi connectivity index (χ3n) is 4.04. The number of nitrogens with zero attached hydrogens (tertiary/aromatic N) is 1. The minimum atomic E-state index is -4.57. The van der Waals surface area contributed by atoms with Crippen LogP contribution in [0.2, 0.25) is 0 Å². The number of carbonyl (C=O) groups excluding carboxylic acids is 1. The first kappa shape index (κ1) is 15.8. The molecule has 1 aliphatic rings. The summed E-state index contributed by atoms with van der Waals surface area (Å²) in [6.07, 6.45) is -2.74. The maximum absolute atomic E-state index is 13.1. The van der Waals surface area contributed by atoms with Gasteiger partial charge in [0.05, 0.1) is 11.1 Å². The number of amides is 1. The van der Waals surface area contributed by atoms with Gasteiger partial charge in [-0.05, 0) is 49.5 Å². The predicted octanol–water partition coefficient (Wildman–Crippen LogP) is 3.00. The lowest BCUT2D eigenvalue weighted by Gasteiger charge is -2.32. The van der Waals surface area contributed by atoms with Crippen LogP contribution < -0.4 is 5.73 Å². The molecule has 0 saturated carbocycles. The van der Waals surface area contributed by atoms with Gasteiger partial charge in [-0.3, -0.25) is 4.79 Å². The zero-order chi connectivity index (χ0) is 15.6. The molecule has 1 saturated heterocycles. The Kier molecular flexibility index (Phi) is 4.56. The SMILES string of the molecule is CCN1CCCC(c2ccc(C(N)=O)c(C(F)(F)F)c2)C1. The molecule has 1 amide bonds. The van der Waals surface area contributed by atoms with Gasteiger partial charge in [0.25, 0.3) is 0 Å². The van der Waals surface area contributed by atoms with Crippen molar-refractivity contribution in [3.63, 3.8) is 0 Å². The average Bonchev–Trinajstić information content (AvgIpc) is 2.45. The van der Waals surface area contributed by atoms with Crippen LogP contribution in [0.3, 0.4) is 0 Å². The van der Waals surface area contributed by atoms with Gasteiger partial charge >= 0.3 is 6.18 Å². The molecule has 0 radical (unpaired) electrons. The lowest BCUT2D eigenvalue weighted by atomic mass is 9.88. The van der Waals surface area contributed by atoms with Crippen LogP contribution in [-0.4, -0.2) is 30.4 Å². The largest absolute Gasteiger partial charge is 0.417 e. The quantitative estimate of drug-likeness (QED) is 0.932. The van der Waals surface area contributed by atoms with Gasteiger partial charge in [-0.1, -0.05) is 13.0 Å². The van der Waals surface area contributed by atoms with Gasteiger partial charge in [0, 0.05) is 6.54 Å². The molecule has 1 unspecified atom stereocenters. The van der Waals surface area contributed by atoms with Crippen molar-refractivity contribution in [3.05, 3.63) is 34.9 Å². The maximum Gasteiger partial charge on any atom is 0.417 e. The molecule has 0 bridgehead atoms. The highest BCUT2D eigenvalue weighted by molar-refractivity contribution is 5.94. The van der Waals surface area contributed by atoms with Gasteiger partial charge in [0.15, 0.2) is 0 Å². The first-order chi connectivity index (χ1) is 9.82. The van der Waals surface area contributed by atoms with Crippen LogP contribution in [-0.2, 0) is 6.18 Å². The molecule has 1 fully saturated rings. The molecule has 1 aliphatic heterocycles. The normalized spacial score (nSPS) is 20.5. The van der Waals surface area contributed by atoms with E-state index >= 15 is 0 Å². The Morgan fingerprint density at radius 1 is 1.43 bits per heavy atom. The number of hydrogen-bond acceptors (Lipinski definition) is 2. The minimum absolute atomic E-state index is 0.0710. The highest BCUT2D eigenvalue weighted by Gasteiger charge is 2.35. The molecule has 1 aromatic rings. The average molecular weight is 300 g/mol. The van der Waals surface area contributed by atoms with Crippen LogP contribution in [0.5, 0.6) is 0 Å². The summed E-state index contributed by atoms with van der Waals surface area (Å²) in [5.41, 5.74) is 4.27. The molecule has 3 nitrogen and oxygen atoms in total. The second-order valence-corrected chi connectivity index (χ2v) is 5.40. The molecule has 116 valence electrons. The second kappa shape index (κ2) is 6.05. The second-order valence-electron chi connectivity index (χ2n) is 5.40. The number of carbonyl (C=O) groups is 1. The molecule has 0 aliphatic carbocycles. The minimum Gasteiger partial charge on any atom is -0.366 e. The number of likely N-dealkylation sites (tertiary alicyclic amines) is 1. The van der Waals surface area contributed by atoms with Crippen molar-refractivity contribution >= 4 is 5.91 Å². The van der Waals surface area contributed by atoms with E-state index in [0.717, 1.165) is 38.5 Å². The van der Waals surface area contributed by atoms with E-state index in [-0.39, 0.29) is 5.92 Å². The fraction of sp³-hybridized carbons (Fsp3) is 0.533. The van der Waals surface area contributed by atoms with E-state index in [1.807, 2.05) is 6.92 Å². The number of hydrogen-bond donors (Lipinski definition) is 1. The zero-order valence-electron chi connectivity index (χ0n) is 11.9. The monoisotopic (exact) mass is 300 g/mol. The van der Waals surface area contributed by atoms with Gasteiger partial charge in [-0.2, -0.15) is 13.2 Å². The standard InChI is InChI=1S/C15H19F3N2O/c1-2-20-7-3-4-11(9-20)10-5-6-12(14(19)21)13(8-10)15(16,17)18/h5-6,8,11H,2-4,7,9H2,1H3,(H2,19,21). The van der Waals surface area contributed by atoms with Crippen molar-refractivity contribution in [2.24, 2.45) is 5.73 Å². The fourth-order valence-corrected chi connectivity index (χ4v) is 2.88. The van der Waals surface area contributed by atoms with E-state index < -0.39 is 23.2 Å². The first-order valence-corrected chi connectivity index (χ1v) is 7.06. The number of halogens is 3. The highest BCUT2D eigenvalue weighted by Crippen LogP contribution is 2.35. The Bertz CT molecular complexity index is 528. The molecule has 1 aromatic carbocycles. The van der Waals surface area contributed by atoms with Gasteiger partial charge in [0.2, 0.25) is 5.91 Å². The summed E-state index contributed by atoms with van der Waals surface area (Å²) >= 11 is 0. The number of piperidine rings is 1. The van der Waals surface area contributed by atoms with E-state index in [1.54, 1.807) is 6.07 Å². The van der Waals surface area contributed by atoms with E-state index in [0.29, 0.717) is 5.56 Å². The molecule has 6 heteroatoms. The van der Waals surface area contributed by atoms with Crippen molar-refractivity contribution in [2.45, 2.75) is 31.9 Å². The van der Waals surface area contributed by atoms with Gasteiger partial charge < -0.3 is 10.6 Å². The van der Waals surface area contributed by atoms with Crippen molar-refractivity contribution in [1.29, 1.82) is 0 Å². The summed E-state index contributed by atoms with van der Waals surface area (Å²) in [6, 6.07) is 3.88. The van der Waals surface area contributed by atoms with Crippen LogP contribution in [0, 0.1) is 0 Å². The van der Waals surface area contributed by atoms with E-state index in [4.69, 9.17) is 5.73 Å². The lowest BCUT2D eigenvalue weighted by Crippen LogP contribution is -2.34. The Hall–Kier alpha value is -1.56. The topological polar surface area (TPSA) is 46.3 Å². The Morgan fingerprint density at radius 3 is 2.71 bits per heavy atom. The summed E-state index contributed by atoms with van der Waals surface area (Å²) in [7, 11) is 0. The third kappa shape index (κ3) is 3.56. The van der Waals surface area contributed by atoms with Crippen LogP contribution in [0.25, 0.3) is 0 Å². The van der Waals surface area contributed by atoms with Crippen LogP contribution >= 0.6 is 0 Å². The maximum atomic E-state index is 13.1. The molecule has 0 spiro atoms. The molecule has 2 N–H and O–H groups in total. The Morgan fingerprint density at radius 2 is 2.14 bits per heavy atom. The summed E-state index contributed by atoms with van der Waals surface area (Å²) < 4.78 is 39.2. The molecule has 21 heavy (non-hydrogen) atoms. The molecule has 2 rings (SSSR count). The van der Waals surface area contributed by atoms with Crippen molar-refractivity contribution < 1.29 is 18.0 Å². The summed E-state index contributed by atoms with van der Waals surface area (Å²) in [6.45, 7) is 4.67. The molecule has 0 aromatic heterocycles. The molecule has 1 atom stereocenters. The summed E-state index contributed by atoms with van der Waals surface area (Å²) in [4.78, 5) is 13.4. The van der Waals surface area contributed by atoms with Crippen LogP contribution in [0.15, 0.2) is 18.2 Å². The molecule has 1 heterocycles. The predicted molar refractivity (Wildman–Crippen MR) is 74.1 cm³/mol. The third-order valence-corrected chi connectivity index (χ3v) is 4.04. The number of likely N-dealkylation sites (N-methyl/N-ethyl adjacent to an activating group) is 1. The molecular weight excluding hydrogens is 281 g/mol. The van der Waals surface area contributed by atoms with Crippen molar-refractivity contribution in [1.82, 2.24) is 4.90 Å². The lowest BCUT2D eigenvalue weighted by molar-refractivity contribution is -0.138. The zero-order valence-corrected chi connectivity index (χ0v) is 11.9. The van der Waals surface area contributed by atoms with Gasteiger partial charge in [-0.25, -0.2) is 0 Å². The fourth-order valence-electron chi connectivity index (χ4n) is 2.88. The first-order valence-electron chi connectivity index (χ1n) is 7.06. The van der Waals surface area contributed by atoms with Crippen LogP contribution in [0.4, 0.5) is 13.2 Å². The summed E-state index contributed by atoms with van der Waals surface area (Å²) in [5.74, 6) is -0.977. The van der Waals surface area contributed by atoms with E-state index in [2.05, 4.69) is 4.90 Å².